The van der Waals surface area contributed by atoms with Crippen molar-refractivity contribution in [3.05, 3.63) is 36.1 Å². The number of ether oxygens (including phenoxy) is 1. The lowest BCUT2D eigenvalue weighted by molar-refractivity contribution is -0.110. The molecule has 1 aliphatic rings. The molecule has 0 aromatic heterocycles. The SMILES string of the molecule is CO/C=C1/C(=O)Nc2ccccc21. The first-order chi connectivity index (χ1) is 6.33. The van der Waals surface area contributed by atoms with Gasteiger partial charge in [0.1, 0.15) is 0 Å². The van der Waals surface area contributed by atoms with E-state index in [1.807, 2.05) is 24.3 Å². The van der Waals surface area contributed by atoms with Crippen molar-refractivity contribution in [2.45, 2.75) is 0 Å². The normalized spacial score (nSPS) is 17.0. The van der Waals surface area contributed by atoms with Gasteiger partial charge in [-0.2, -0.15) is 0 Å². The summed E-state index contributed by atoms with van der Waals surface area (Å²) in [6.45, 7) is 0. The highest BCUT2D eigenvalue weighted by Crippen LogP contribution is 2.30. The molecule has 1 aromatic rings. The third kappa shape index (κ3) is 1.18. The topological polar surface area (TPSA) is 38.3 Å². The number of carbonyl (C=O) groups excluding carboxylic acids is 1. The predicted octanol–water partition coefficient (Wildman–Crippen LogP) is 1.63. The zero-order chi connectivity index (χ0) is 9.26. The second kappa shape index (κ2) is 2.94. The third-order valence-corrected chi connectivity index (χ3v) is 1.95. The molecule has 0 saturated carbocycles. The molecule has 1 heterocycles. The lowest BCUT2D eigenvalue weighted by Gasteiger charge is -1.95. The first-order valence-electron chi connectivity index (χ1n) is 3.96. The van der Waals surface area contributed by atoms with Crippen molar-refractivity contribution < 1.29 is 9.53 Å². The highest BCUT2D eigenvalue weighted by atomic mass is 16.5. The fourth-order valence-electron chi connectivity index (χ4n) is 1.37. The predicted molar refractivity (Wildman–Crippen MR) is 50.1 cm³/mol. The zero-order valence-electron chi connectivity index (χ0n) is 7.20. The van der Waals surface area contributed by atoms with Gasteiger partial charge in [-0.05, 0) is 6.07 Å². The molecule has 1 aliphatic heterocycles. The molecule has 1 N–H and O–H groups in total. The third-order valence-electron chi connectivity index (χ3n) is 1.95. The van der Waals surface area contributed by atoms with Crippen LogP contribution >= 0.6 is 0 Å². The Morgan fingerprint density at radius 3 is 2.92 bits per heavy atom. The lowest BCUT2D eigenvalue weighted by atomic mass is 10.1. The molecular weight excluding hydrogens is 166 g/mol. The maximum Gasteiger partial charge on any atom is 0.259 e. The Kier molecular flexibility index (Phi) is 1.77. The van der Waals surface area contributed by atoms with E-state index >= 15 is 0 Å². The minimum absolute atomic E-state index is 0.108. The fraction of sp³-hybridized carbons (Fsp3) is 0.100. The molecule has 2 rings (SSSR count). The number of hydrogen-bond acceptors (Lipinski definition) is 2. The van der Waals surface area contributed by atoms with Crippen LogP contribution in [-0.4, -0.2) is 13.0 Å². The van der Waals surface area contributed by atoms with Gasteiger partial charge < -0.3 is 10.1 Å². The van der Waals surface area contributed by atoms with Gasteiger partial charge in [-0.25, -0.2) is 0 Å². The van der Waals surface area contributed by atoms with Gasteiger partial charge in [0, 0.05) is 11.3 Å². The Balaban J connectivity index is 2.53. The van der Waals surface area contributed by atoms with E-state index in [0.29, 0.717) is 5.57 Å². The molecule has 0 saturated heterocycles. The number of rotatable bonds is 1. The van der Waals surface area contributed by atoms with Crippen LogP contribution in [0.2, 0.25) is 0 Å². The molecule has 0 unspecified atom stereocenters. The van der Waals surface area contributed by atoms with Crippen molar-refractivity contribution in [3.63, 3.8) is 0 Å². The summed E-state index contributed by atoms with van der Waals surface area (Å²) in [7, 11) is 1.53. The number of fused-ring (bicyclic) bond motifs is 1. The van der Waals surface area contributed by atoms with Crippen molar-refractivity contribution in [1.29, 1.82) is 0 Å². The highest BCUT2D eigenvalue weighted by Gasteiger charge is 2.23. The second-order valence-corrected chi connectivity index (χ2v) is 2.77. The molecular formula is C10H9NO2. The monoisotopic (exact) mass is 175 g/mol. The molecule has 1 aromatic carbocycles. The summed E-state index contributed by atoms with van der Waals surface area (Å²) < 4.78 is 4.83. The molecule has 13 heavy (non-hydrogen) atoms. The van der Waals surface area contributed by atoms with Crippen LogP contribution < -0.4 is 5.32 Å². The van der Waals surface area contributed by atoms with Gasteiger partial charge in [-0.1, -0.05) is 18.2 Å². The minimum Gasteiger partial charge on any atom is -0.504 e. The molecule has 1 amide bonds. The molecule has 3 heteroatoms. The van der Waals surface area contributed by atoms with Gasteiger partial charge in [-0.15, -0.1) is 0 Å². The van der Waals surface area contributed by atoms with Crippen molar-refractivity contribution in [2.24, 2.45) is 0 Å². The number of methoxy groups -OCH3 is 1. The summed E-state index contributed by atoms with van der Waals surface area (Å²) in [4.78, 5) is 11.4. The average molecular weight is 175 g/mol. The lowest BCUT2D eigenvalue weighted by Crippen LogP contribution is -2.03. The second-order valence-electron chi connectivity index (χ2n) is 2.77. The number of hydrogen-bond donors (Lipinski definition) is 1. The summed E-state index contributed by atoms with van der Waals surface area (Å²) in [6, 6.07) is 7.53. The Labute approximate surface area is 76.0 Å². The maximum atomic E-state index is 11.4. The van der Waals surface area contributed by atoms with Crippen molar-refractivity contribution >= 4 is 17.2 Å². The van der Waals surface area contributed by atoms with Crippen LogP contribution in [0.15, 0.2) is 30.5 Å². The Bertz CT molecular complexity index is 382. The fourth-order valence-corrected chi connectivity index (χ4v) is 1.37. The first-order valence-corrected chi connectivity index (χ1v) is 3.96. The molecule has 0 spiro atoms. The van der Waals surface area contributed by atoms with E-state index in [1.165, 1.54) is 13.4 Å². The highest BCUT2D eigenvalue weighted by molar-refractivity contribution is 6.31. The summed E-state index contributed by atoms with van der Waals surface area (Å²) >= 11 is 0. The molecule has 3 nitrogen and oxygen atoms in total. The standard InChI is InChI=1S/C10H9NO2/c1-13-6-8-7-4-2-3-5-9(7)11-10(8)12/h2-6H,1H3,(H,11,12)/b8-6+. The van der Waals surface area contributed by atoms with Crippen LogP contribution in [0.1, 0.15) is 5.56 Å². The molecule has 0 radical (unpaired) electrons. The number of amides is 1. The van der Waals surface area contributed by atoms with E-state index < -0.39 is 0 Å². The van der Waals surface area contributed by atoms with Crippen LogP contribution in [-0.2, 0) is 9.53 Å². The number of anilines is 1. The number of benzene rings is 1. The molecule has 0 fully saturated rings. The van der Waals surface area contributed by atoms with Crippen LogP contribution in [0.25, 0.3) is 5.57 Å². The van der Waals surface area contributed by atoms with Crippen LogP contribution in [0.5, 0.6) is 0 Å². The number of nitrogens with one attached hydrogen (secondary N) is 1. The molecule has 66 valence electrons. The van der Waals surface area contributed by atoms with Gasteiger partial charge in [-0.3, -0.25) is 4.79 Å². The van der Waals surface area contributed by atoms with Gasteiger partial charge in [0.05, 0.1) is 18.9 Å². The van der Waals surface area contributed by atoms with Crippen LogP contribution in [0, 0.1) is 0 Å². The van der Waals surface area contributed by atoms with E-state index in [4.69, 9.17) is 4.74 Å². The Hall–Kier alpha value is -1.77. The van der Waals surface area contributed by atoms with E-state index in [0.717, 1.165) is 11.3 Å². The largest absolute Gasteiger partial charge is 0.504 e. The van der Waals surface area contributed by atoms with E-state index in [9.17, 15) is 4.79 Å². The van der Waals surface area contributed by atoms with Crippen LogP contribution in [0.3, 0.4) is 0 Å². The van der Waals surface area contributed by atoms with Crippen molar-refractivity contribution in [1.82, 2.24) is 0 Å². The van der Waals surface area contributed by atoms with Gasteiger partial charge >= 0.3 is 0 Å². The van der Waals surface area contributed by atoms with Gasteiger partial charge in [0.15, 0.2) is 0 Å². The minimum atomic E-state index is -0.108. The number of para-hydroxylation sites is 1. The molecule has 0 aliphatic carbocycles. The average Bonchev–Trinajstić information content (AvgIpc) is 2.44. The van der Waals surface area contributed by atoms with Crippen molar-refractivity contribution in [2.75, 3.05) is 12.4 Å². The van der Waals surface area contributed by atoms with Gasteiger partial charge in [0.25, 0.3) is 5.91 Å². The molecule has 0 atom stereocenters. The van der Waals surface area contributed by atoms with E-state index in [1.54, 1.807) is 0 Å². The smallest absolute Gasteiger partial charge is 0.259 e. The van der Waals surface area contributed by atoms with Crippen LogP contribution in [0.4, 0.5) is 5.69 Å². The number of carbonyl (C=O) groups is 1. The summed E-state index contributed by atoms with van der Waals surface area (Å²) in [5.74, 6) is -0.108. The molecule has 0 bridgehead atoms. The summed E-state index contributed by atoms with van der Waals surface area (Å²) in [5, 5.41) is 2.75. The summed E-state index contributed by atoms with van der Waals surface area (Å²) in [5.41, 5.74) is 2.32. The summed E-state index contributed by atoms with van der Waals surface area (Å²) in [6.07, 6.45) is 1.46. The van der Waals surface area contributed by atoms with Crippen molar-refractivity contribution in [3.8, 4) is 0 Å². The van der Waals surface area contributed by atoms with E-state index in [2.05, 4.69) is 5.32 Å². The first kappa shape index (κ1) is 7.86. The maximum absolute atomic E-state index is 11.4. The Morgan fingerprint density at radius 1 is 1.38 bits per heavy atom. The van der Waals surface area contributed by atoms with Gasteiger partial charge in [0.2, 0.25) is 0 Å². The Morgan fingerprint density at radius 2 is 2.15 bits per heavy atom. The quantitative estimate of drug-likeness (QED) is 0.520. The zero-order valence-corrected chi connectivity index (χ0v) is 7.20. The van der Waals surface area contributed by atoms with E-state index in [-0.39, 0.29) is 5.91 Å².